The number of halogens is 1. The molecule has 558 valence electrons. The van der Waals surface area contributed by atoms with Crippen LogP contribution in [-0.4, -0.2) is 35.7 Å². The third-order valence-corrected chi connectivity index (χ3v) is 23.6. The predicted molar refractivity (Wildman–Crippen MR) is 484 cm³/mol. The first-order valence-electron chi connectivity index (χ1n) is 38.5. The molecule has 22 aromatic rings. The number of hydrogen-bond donors (Lipinski definition) is 0. The number of carbonyl (C=O) groups is 1. The van der Waals surface area contributed by atoms with Crippen molar-refractivity contribution in [3.63, 3.8) is 0 Å². The van der Waals surface area contributed by atoms with Crippen LogP contribution in [0.1, 0.15) is 45.6 Å². The minimum Gasteiger partial charge on any atom is -0.456 e. The average molecular weight is 1600 g/mol. The zero-order valence-corrected chi connectivity index (χ0v) is 65.4. The molecule has 3 aliphatic carbocycles. The number of fused-ring (bicyclic) bond motifs is 26. The van der Waals surface area contributed by atoms with Gasteiger partial charge in [-0.1, -0.05) is 290 Å². The molecule has 6 heterocycles. The van der Waals surface area contributed by atoms with E-state index in [1.807, 2.05) is 212 Å². The van der Waals surface area contributed by atoms with Crippen molar-refractivity contribution in [1.82, 2.24) is 29.9 Å². The number of rotatable bonds is 7. The number of furan rings is 4. The fourth-order valence-corrected chi connectivity index (χ4v) is 18.3. The molecule has 0 saturated heterocycles. The monoisotopic (exact) mass is 1600 g/mol. The lowest BCUT2D eigenvalue weighted by Gasteiger charge is -2.31. The molecule has 0 fully saturated rings. The molecule has 0 amide bonds. The van der Waals surface area contributed by atoms with Crippen LogP contribution in [-0.2, 0) is 5.41 Å². The Balaban J connectivity index is 0.000000126. The van der Waals surface area contributed by atoms with Gasteiger partial charge in [0.1, 0.15) is 44.7 Å². The number of para-hydroxylation sites is 2. The van der Waals surface area contributed by atoms with Crippen molar-refractivity contribution in [2.24, 2.45) is 0 Å². The number of ketones is 1. The highest BCUT2D eigenvalue weighted by Crippen LogP contribution is 2.65. The lowest BCUT2D eigenvalue weighted by atomic mass is 9.69. The van der Waals surface area contributed by atoms with Gasteiger partial charge in [0.2, 0.25) is 0 Å². The molecule has 16 aromatic carbocycles. The highest BCUT2D eigenvalue weighted by Gasteiger charge is 2.53. The zero-order chi connectivity index (χ0) is 76.7. The highest BCUT2D eigenvalue weighted by molar-refractivity contribution is 9.10. The molecule has 118 heavy (non-hydrogen) atoms. The third kappa shape index (κ3) is 11.4. The van der Waals surface area contributed by atoms with Gasteiger partial charge in [0.25, 0.3) is 0 Å². The molecule has 25 rings (SSSR count). The van der Waals surface area contributed by atoms with Crippen molar-refractivity contribution in [2.75, 3.05) is 0 Å². The van der Waals surface area contributed by atoms with Crippen molar-refractivity contribution in [1.29, 1.82) is 0 Å². The Morgan fingerprint density at radius 3 is 1.04 bits per heavy atom. The molecule has 6 aromatic heterocycles. The maximum Gasteiger partial charge on any atom is 0.194 e. The smallest absolute Gasteiger partial charge is 0.194 e. The fourth-order valence-electron chi connectivity index (χ4n) is 17.8. The van der Waals surface area contributed by atoms with E-state index < -0.39 is 5.41 Å². The van der Waals surface area contributed by atoms with Crippen LogP contribution in [0.2, 0.25) is 0 Å². The van der Waals surface area contributed by atoms with Crippen LogP contribution in [0.25, 0.3) is 201 Å². The summed E-state index contributed by atoms with van der Waals surface area (Å²) in [6.07, 6.45) is 0. The van der Waals surface area contributed by atoms with Gasteiger partial charge in [-0.3, -0.25) is 4.79 Å². The quantitative estimate of drug-likeness (QED) is 0.140. The maximum atomic E-state index is 11.9. The SMILES string of the molecule is Brc1cc2oc3ccccc3c2cc1-c1ccc2oc3ccc(-c4nc(-c5ccccc5)nc(-c5ccccc5)n4)cc3c2c1.C.O=C1c2ccccc2-c2ccccc21.P.c1ccc(-c2nc(-c3ccccc3)nc(-c3ccc4oc5ccc6c(c5c4c3)C3(c4ccccc4-c4ccccc43)c3cc4oc5ccccc5c4cc3-6)n2)cc1. The molecule has 0 N–H and O–H groups in total. The van der Waals surface area contributed by atoms with Crippen LogP contribution in [0.3, 0.4) is 0 Å². The molecule has 3 aliphatic rings. The summed E-state index contributed by atoms with van der Waals surface area (Å²) < 4.78 is 26.7. The maximum absolute atomic E-state index is 11.9. The zero-order valence-electron chi connectivity index (χ0n) is 62.4. The molecule has 11 nitrogen and oxygen atoms in total. The molecule has 1 spiro atoms. The Morgan fingerprint density at radius 1 is 0.229 bits per heavy atom. The summed E-state index contributed by atoms with van der Waals surface area (Å²) in [6, 6.07) is 122. The topological polar surface area (TPSA) is 147 Å². The van der Waals surface area contributed by atoms with E-state index in [4.69, 9.17) is 47.6 Å². The first-order chi connectivity index (χ1) is 57.3. The van der Waals surface area contributed by atoms with Crippen LogP contribution in [0.15, 0.2) is 380 Å². The van der Waals surface area contributed by atoms with E-state index >= 15 is 0 Å². The Morgan fingerprint density at radius 2 is 0.559 bits per heavy atom. The van der Waals surface area contributed by atoms with E-state index in [-0.39, 0.29) is 23.1 Å². The van der Waals surface area contributed by atoms with E-state index in [1.54, 1.807) is 0 Å². The number of nitrogens with zero attached hydrogens (tertiary/aromatic N) is 6. The van der Waals surface area contributed by atoms with Gasteiger partial charge in [0.05, 0.1) is 5.41 Å². The summed E-state index contributed by atoms with van der Waals surface area (Å²) in [5, 5.41) is 8.55. The molecular formula is C105H66BrN6O5P. The van der Waals surface area contributed by atoms with Gasteiger partial charge in [-0.15, -0.1) is 0 Å². The normalized spacial score (nSPS) is 12.4. The van der Waals surface area contributed by atoms with Gasteiger partial charge >= 0.3 is 0 Å². The van der Waals surface area contributed by atoms with Crippen LogP contribution in [0.4, 0.5) is 0 Å². The standard InChI is InChI=1S/C52H29N3O2.C39H22BrN3O2.C13H8O.CH4.H3P/c1-3-13-30(14-4-1)49-53-50(31-15-5-2-6-16-31)55-51(54-49)32-23-25-44-39(27-32)47-45(56-44)26-24-36-37-28-38-35-19-9-12-22-43(35)57-46(38)29-42(37)52(48(36)47)40-20-10-7-17-33(40)34-18-8-11-21-41(34)52;40-32-22-36-31(27-13-7-8-14-33(27)45-36)21-28(32)25-15-17-34-29(19-25)30-20-26(16-18-35(30)44-34)39-42-37(23-9-3-1-4-10-23)41-38(43-39)24-11-5-2-6-12-24;14-13-11-7-3-1-5-9(11)10-6-2-4-8-12(10)13;;/h1-29H;1-22H;1-8H;1H4;1H3. The van der Waals surface area contributed by atoms with Gasteiger partial charge in [-0.05, 0) is 158 Å². The summed E-state index contributed by atoms with van der Waals surface area (Å²) in [5.41, 5.74) is 27.5. The largest absolute Gasteiger partial charge is 0.456 e. The van der Waals surface area contributed by atoms with Crippen LogP contribution in [0.5, 0.6) is 0 Å². The first-order valence-corrected chi connectivity index (χ1v) is 39.3. The van der Waals surface area contributed by atoms with Crippen molar-refractivity contribution in [3.05, 3.63) is 396 Å². The van der Waals surface area contributed by atoms with Gasteiger partial charge in [0.15, 0.2) is 40.7 Å². The molecule has 0 radical (unpaired) electrons. The second-order valence-corrected chi connectivity index (χ2v) is 30.3. The molecule has 0 aliphatic heterocycles. The fraction of sp³-hybridized carbons (Fsp3) is 0.0190. The summed E-state index contributed by atoms with van der Waals surface area (Å²) in [5.74, 6) is 3.88. The van der Waals surface area contributed by atoms with Crippen molar-refractivity contribution >= 4 is 119 Å². The molecule has 13 heteroatoms. The Labute approximate surface area is 688 Å². The highest BCUT2D eigenvalue weighted by atomic mass is 79.9. The van der Waals surface area contributed by atoms with Gasteiger partial charge in [-0.25, -0.2) is 29.9 Å². The number of carbonyl (C=O) groups excluding carboxylic acids is 1. The summed E-state index contributed by atoms with van der Waals surface area (Å²) in [4.78, 5) is 41.7. The summed E-state index contributed by atoms with van der Waals surface area (Å²) in [7, 11) is 0. The second kappa shape index (κ2) is 28.4. The summed E-state index contributed by atoms with van der Waals surface area (Å²) >= 11 is 3.80. The van der Waals surface area contributed by atoms with Gasteiger partial charge < -0.3 is 17.7 Å². The molecular weight excluding hydrogens is 1540 g/mol. The minimum atomic E-state index is -0.620. The first kappa shape index (κ1) is 71.1. The van der Waals surface area contributed by atoms with E-state index in [0.717, 1.165) is 159 Å². The van der Waals surface area contributed by atoms with E-state index in [0.29, 0.717) is 34.9 Å². The molecule has 1 unspecified atom stereocenters. The van der Waals surface area contributed by atoms with Crippen molar-refractivity contribution in [3.8, 4) is 113 Å². The lowest BCUT2D eigenvalue weighted by Crippen LogP contribution is -2.26. The predicted octanol–water partition coefficient (Wildman–Crippen LogP) is 27.7. The van der Waals surface area contributed by atoms with Crippen LogP contribution >= 0.6 is 25.8 Å². The van der Waals surface area contributed by atoms with Crippen LogP contribution in [0, 0.1) is 0 Å². The van der Waals surface area contributed by atoms with Crippen molar-refractivity contribution < 1.29 is 22.5 Å². The second-order valence-electron chi connectivity index (χ2n) is 29.5. The van der Waals surface area contributed by atoms with E-state index in [1.165, 1.54) is 44.5 Å². The van der Waals surface area contributed by atoms with Gasteiger partial charge in [-0.2, -0.15) is 9.90 Å². The number of benzene rings is 16. The number of hydrogen-bond acceptors (Lipinski definition) is 11. The average Bonchev–Trinajstić information content (AvgIpc) is 1.49. The van der Waals surface area contributed by atoms with Crippen molar-refractivity contribution in [2.45, 2.75) is 12.8 Å². The number of aromatic nitrogens is 6. The van der Waals surface area contributed by atoms with E-state index in [9.17, 15) is 4.79 Å². The lowest BCUT2D eigenvalue weighted by molar-refractivity contribution is 0.104. The third-order valence-electron chi connectivity index (χ3n) is 23.0. The molecule has 0 saturated carbocycles. The Hall–Kier alpha value is -14.7. The Kier molecular flexibility index (Phi) is 17.1. The molecule has 1 atom stereocenters. The minimum absolute atomic E-state index is 0. The summed E-state index contributed by atoms with van der Waals surface area (Å²) in [6.45, 7) is 0. The Bertz CT molecular complexity index is 7620. The molecule has 0 bridgehead atoms. The van der Waals surface area contributed by atoms with Gasteiger partial charge in [0, 0.05) is 92.1 Å². The van der Waals surface area contributed by atoms with E-state index in [2.05, 4.69) is 162 Å². The van der Waals surface area contributed by atoms with Crippen LogP contribution < -0.4 is 0 Å².